The molecular formula is C19H14ClFN2O5S. The Labute approximate surface area is 170 Å². The summed E-state index contributed by atoms with van der Waals surface area (Å²) < 4.78 is 46.8. The first-order valence-electron chi connectivity index (χ1n) is 8.12. The highest BCUT2D eigenvalue weighted by atomic mass is 35.5. The lowest BCUT2D eigenvalue weighted by Crippen LogP contribution is -2.14. The molecule has 0 aliphatic carbocycles. The van der Waals surface area contributed by atoms with Crippen LogP contribution in [0.2, 0.25) is 5.02 Å². The SMILES string of the molecule is O=C(O)COc1ccc(-c2cc(F)cc(Cl)c2)c(NS(=O)(=O)c2cccnc2)c1. The average Bonchev–Trinajstić information content (AvgIpc) is 2.66. The molecule has 0 atom stereocenters. The van der Waals surface area contributed by atoms with Crippen LogP contribution in [0.4, 0.5) is 10.1 Å². The maximum absolute atomic E-state index is 13.8. The van der Waals surface area contributed by atoms with Gasteiger partial charge in [-0.1, -0.05) is 11.6 Å². The lowest BCUT2D eigenvalue weighted by Gasteiger charge is -2.15. The Balaban J connectivity index is 2.07. The first-order chi connectivity index (χ1) is 13.7. The van der Waals surface area contributed by atoms with Gasteiger partial charge < -0.3 is 9.84 Å². The monoisotopic (exact) mass is 436 g/mol. The molecule has 2 N–H and O–H groups in total. The predicted octanol–water partition coefficient (Wildman–Crippen LogP) is 3.81. The molecule has 150 valence electrons. The van der Waals surface area contributed by atoms with Crippen molar-refractivity contribution in [2.24, 2.45) is 0 Å². The lowest BCUT2D eigenvalue weighted by molar-refractivity contribution is -0.139. The van der Waals surface area contributed by atoms with Crippen LogP contribution < -0.4 is 9.46 Å². The Bertz CT molecular complexity index is 1140. The smallest absolute Gasteiger partial charge is 0.341 e. The molecule has 1 heterocycles. The number of benzene rings is 2. The second-order valence-electron chi connectivity index (χ2n) is 5.84. The maximum atomic E-state index is 13.8. The van der Waals surface area contributed by atoms with Gasteiger partial charge in [-0.2, -0.15) is 0 Å². The van der Waals surface area contributed by atoms with E-state index in [2.05, 4.69) is 9.71 Å². The van der Waals surface area contributed by atoms with Gasteiger partial charge in [0.2, 0.25) is 0 Å². The van der Waals surface area contributed by atoms with E-state index in [0.717, 1.165) is 6.07 Å². The number of carboxylic acid groups (broad SMARTS) is 1. The molecule has 0 saturated heterocycles. The standard InChI is InChI=1S/C19H14ClFN2O5S/c20-13-6-12(7-14(21)8-13)17-4-3-15(28-11-19(24)25)9-18(17)23-29(26,27)16-2-1-5-22-10-16/h1-10,23H,11H2,(H,24,25). The van der Waals surface area contributed by atoms with Crippen molar-refractivity contribution in [2.75, 3.05) is 11.3 Å². The van der Waals surface area contributed by atoms with Gasteiger partial charge in [-0.15, -0.1) is 0 Å². The van der Waals surface area contributed by atoms with Gasteiger partial charge in [0, 0.05) is 29.0 Å². The highest BCUT2D eigenvalue weighted by Crippen LogP contribution is 2.34. The molecule has 3 aromatic rings. The zero-order valence-corrected chi connectivity index (χ0v) is 16.2. The summed E-state index contributed by atoms with van der Waals surface area (Å²) in [5.74, 6) is -1.68. The number of anilines is 1. The molecule has 10 heteroatoms. The number of halogens is 2. The van der Waals surface area contributed by atoms with Gasteiger partial charge in [-0.3, -0.25) is 9.71 Å². The van der Waals surface area contributed by atoms with Crippen LogP contribution in [0.15, 0.2) is 65.8 Å². The van der Waals surface area contributed by atoms with E-state index in [1.807, 2.05) is 0 Å². The molecule has 0 unspecified atom stereocenters. The summed E-state index contributed by atoms with van der Waals surface area (Å²) in [5.41, 5.74) is 0.698. The van der Waals surface area contributed by atoms with E-state index in [1.54, 1.807) is 0 Å². The van der Waals surface area contributed by atoms with Crippen molar-refractivity contribution >= 4 is 33.3 Å². The number of sulfonamides is 1. The molecule has 0 amide bonds. The number of hydrogen-bond donors (Lipinski definition) is 2. The predicted molar refractivity (Wildman–Crippen MR) is 105 cm³/mol. The number of aromatic nitrogens is 1. The molecule has 0 aliphatic heterocycles. The van der Waals surface area contributed by atoms with Crippen LogP contribution in [-0.2, 0) is 14.8 Å². The summed E-state index contributed by atoms with van der Waals surface area (Å²) in [6.07, 6.45) is 2.60. The normalized spacial score (nSPS) is 11.1. The van der Waals surface area contributed by atoms with Crippen LogP contribution in [0, 0.1) is 5.82 Å². The molecule has 0 aliphatic rings. The van der Waals surface area contributed by atoms with E-state index in [0.29, 0.717) is 11.1 Å². The minimum atomic E-state index is -4.02. The minimum Gasteiger partial charge on any atom is -0.482 e. The second kappa shape index (κ2) is 8.46. The van der Waals surface area contributed by atoms with Crippen LogP contribution >= 0.6 is 11.6 Å². The van der Waals surface area contributed by atoms with Crippen LogP contribution in [0.3, 0.4) is 0 Å². The Morgan fingerprint density at radius 3 is 2.66 bits per heavy atom. The second-order valence-corrected chi connectivity index (χ2v) is 7.96. The Kier molecular flexibility index (Phi) is 6.00. The van der Waals surface area contributed by atoms with Crippen LogP contribution in [0.25, 0.3) is 11.1 Å². The maximum Gasteiger partial charge on any atom is 0.341 e. The van der Waals surface area contributed by atoms with Gasteiger partial charge in [0.05, 0.1) is 5.69 Å². The van der Waals surface area contributed by atoms with E-state index < -0.39 is 28.4 Å². The number of nitrogens with one attached hydrogen (secondary N) is 1. The number of carbonyl (C=O) groups is 1. The van der Waals surface area contributed by atoms with Crippen LogP contribution in [-0.4, -0.2) is 31.1 Å². The van der Waals surface area contributed by atoms with E-state index in [1.165, 1.54) is 54.9 Å². The Morgan fingerprint density at radius 1 is 1.21 bits per heavy atom. The van der Waals surface area contributed by atoms with Gasteiger partial charge in [0.25, 0.3) is 10.0 Å². The number of rotatable bonds is 7. The Hall–Kier alpha value is -3.17. The van der Waals surface area contributed by atoms with Crippen molar-refractivity contribution in [1.29, 1.82) is 0 Å². The number of nitrogens with zero attached hydrogens (tertiary/aromatic N) is 1. The molecule has 1 aromatic heterocycles. The molecule has 0 radical (unpaired) electrons. The summed E-state index contributed by atoms with van der Waals surface area (Å²) in [5, 5.41) is 8.90. The molecule has 3 rings (SSSR count). The summed E-state index contributed by atoms with van der Waals surface area (Å²) in [7, 11) is -4.02. The summed E-state index contributed by atoms with van der Waals surface area (Å²) in [6, 6.07) is 10.8. The van der Waals surface area contributed by atoms with E-state index >= 15 is 0 Å². The zero-order valence-electron chi connectivity index (χ0n) is 14.7. The van der Waals surface area contributed by atoms with Crippen molar-refractivity contribution in [3.05, 3.63) is 71.8 Å². The molecule has 7 nitrogen and oxygen atoms in total. The van der Waals surface area contributed by atoms with Crippen molar-refractivity contribution < 1.29 is 27.4 Å². The topological polar surface area (TPSA) is 106 Å². The fraction of sp³-hybridized carbons (Fsp3) is 0.0526. The van der Waals surface area contributed by atoms with Crippen molar-refractivity contribution in [2.45, 2.75) is 4.90 Å². The third-order valence-electron chi connectivity index (χ3n) is 3.72. The molecular weight excluding hydrogens is 423 g/mol. The Morgan fingerprint density at radius 2 is 2.00 bits per heavy atom. The summed E-state index contributed by atoms with van der Waals surface area (Å²) in [6.45, 7) is -0.611. The van der Waals surface area contributed by atoms with Gasteiger partial charge in [-0.05, 0) is 48.0 Å². The van der Waals surface area contributed by atoms with Crippen molar-refractivity contribution in [3.63, 3.8) is 0 Å². The third kappa shape index (κ3) is 5.21. The average molecular weight is 437 g/mol. The molecule has 0 saturated carbocycles. The third-order valence-corrected chi connectivity index (χ3v) is 5.28. The number of aliphatic carboxylic acids is 1. The van der Waals surface area contributed by atoms with Gasteiger partial charge in [0.1, 0.15) is 16.5 Å². The molecule has 2 aromatic carbocycles. The summed E-state index contributed by atoms with van der Waals surface area (Å²) in [4.78, 5) is 14.4. The first-order valence-corrected chi connectivity index (χ1v) is 9.99. The van der Waals surface area contributed by atoms with Crippen LogP contribution in [0.1, 0.15) is 0 Å². The van der Waals surface area contributed by atoms with Crippen LogP contribution in [0.5, 0.6) is 5.75 Å². The quantitative estimate of drug-likeness (QED) is 0.583. The molecule has 0 fully saturated rings. The lowest BCUT2D eigenvalue weighted by atomic mass is 10.0. The fourth-order valence-electron chi connectivity index (χ4n) is 2.51. The first kappa shape index (κ1) is 20.6. The number of carboxylic acids is 1. The number of hydrogen-bond acceptors (Lipinski definition) is 5. The fourth-order valence-corrected chi connectivity index (χ4v) is 3.77. The molecule has 0 spiro atoms. The molecule has 29 heavy (non-hydrogen) atoms. The van der Waals surface area contributed by atoms with E-state index in [9.17, 15) is 17.6 Å². The van der Waals surface area contributed by atoms with Crippen molar-refractivity contribution in [3.8, 4) is 16.9 Å². The number of pyridine rings is 1. The van der Waals surface area contributed by atoms with Crippen molar-refractivity contribution in [1.82, 2.24) is 4.98 Å². The van der Waals surface area contributed by atoms with Gasteiger partial charge in [0.15, 0.2) is 6.61 Å². The molecule has 0 bridgehead atoms. The highest BCUT2D eigenvalue weighted by molar-refractivity contribution is 7.92. The van der Waals surface area contributed by atoms with E-state index in [4.69, 9.17) is 21.4 Å². The van der Waals surface area contributed by atoms with Gasteiger partial charge >= 0.3 is 5.97 Å². The van der Waals surface area contributed by atoms with Gasteiger partial charge in [-0.25, -0.2) is 17.6 Å². The largest absolute Gasteiger partial charge is 0.482 e. The highest BCUT2D eigenvalue weighted by Gasteiger charge is 2.18. The zero-order chi connectivity index (χ0) is 21.0. The minimum absolute atomic E-state index is 0.0541. The summed E-state index contributed by atoms with van der Waals surface area (Å²) >= 11 is 5.92. The number of ether oxygens (including phenoxy) is 1. The van der Waals surface area contributed by atoms with E-state index in [-0.39, 0.29) is 21.4 Å².